The number of hydrogen-bond acceptors (Lipinski definition) is 2. The van der Waals surface area contributed by atoms with Gasteiger partial charge in [0.25, 0.3) is 5.91 Å². The van der Waals surface area contributed by atoms with Crippen molar-refractivity contribution in [3.8, 4) is 0 Å². The van der Waals surface area contributed by atoms with Gasteiger partial charge in [0, 0.05) is 16.5 Å². The summed E-state index contributed by atoms with van der Waals surface area (Å²) in [4.78, 5) is 23.8. The van der Waals surface area contributed by atoms with Gasteiger partial charge in [-0.25, -0.2) is 4.39 Å². The number of benzene rings is 2. The maximum Gasteiger partial charge on any atom is 0.268 e. The molecule has 5 nitrogen and oxygen atoms in total. The van der Waals surface area contributed by atoms with Crippen molar-refractivity contribution >= 4 is 22.7 Å². The number of halogens is 1. The van der Waals surface area contributed by atoms with Gasteiger partial charge in [-0.1, -0.05) is 36.4 Å². The Balaban J connectivity index is 2.04. The van der Waals surface area contributed by atoms with E-state index in [2.05, 4.69) is 5.32 Å². The van der Waals surface area contributed by atoms with Crippen LogP contribution in [0.15, 0.2) is 54.6 Å². The molecule has 128 valence electrons. The molecular formula is C19H18FN3O2. The van der Waals surface area contributed by atoms with Crippen LogP contribution in [0.1, 0.15) is 23.0 Å². The van der Waals surface area contributed by atoms with E-state index in [9.17, 15) is 14.0 Å². The molecule has 1 aromatic heterocycles. The van der Waals surface area contributed by atoms with Crippen LogP contribution in [-0.4, -0.2) is 22.4 Å². The Hall–Kier alpha value is -3.15. The van der Waals surface area contributed by atoms with E-state index in [0.29, 0.717) is 11.3 Å². The van der Waals surface area contributed by atoms with Gasteiger partial charge in [0.1, 0.15) is 17.6 Å². The highest BCUT2D eigenvalue weighted by molar-refractivity contribution is 6.00. The van der Waals surface area contributed by atoms with Crippen LogP contribution in [0.3, 0.4) is 0 Å². The fraction of sp³-hybridized carbons (Fsp3) is 0.158. The minimum Gasteiger partial charge on any atom is -0.368 e. The van der Waals surface area contributed by atoms with Gasteiger partial charge in [0.05, 0.1) is 6.54 Å². The predicted octanol–water partition coefficient (Wildman–Crippen LogP) is 2.43. The molecule has 3 N–H and O–H groups in total. The number of nitrogens with zero attached hydrogens (tertiary/aromatic N) is 1. The number of fused-ring (bicyclic) bond motifs is 1. The molecule has 0 aliphatic carbocycles. The number of nitrogens with one attached hydrogen (secondary N) is 1. The summed E-state index contributed by atoms with van der Waals surface area (Å²) in [5, 5.41) is 3.43. The summed E-state index contributed by atoms with van der Waals surface area (Å²) in [7, 11) is 0. The van der Waals surface area contributed by atoms with E-state index in [1.54, 1.807) is 28.8 Å². The number of carbonyl (C=O) groups excluding carboxylic acids is 2. The van der Waals surface area contributed by atoms with E-state index < -0.39 is 17.9 Å². The molecule has 0 saturated heterocycles. The van der Waals surface area contributed by atoms with Gasteiger partial charge in [-0.3, -0.25) is 9.59 Å². The Kier molecular flexibility index (Phi) is 4.52. The molecule has 0 aliphatic rings. The number of nitrogens with two attached hydrogens (primary N) is 1. The predicted molar refractivity (Wildman–Crippen MR) is 93.6 cm³/mol. The summed E-state index contributed by atoms with van der Waals surface area (Å²) >= 11 is 0. The number of amides is 2. The molecule has 2 aromatic carbocycles. The third kappa shape index (κ3) is 3.38. The zero-order valence-corrected chi connectivity index (χ0v) is 13.7. The molecule has 0 aliphatic heterocycles. The average molecular weight is 339 g/mol. The molecule has 0 bridgehead atoms. The highest BCUT2D eigenvalue weighted by atomic mass is 19.1. The second kappa shape index (κ2) is 6.76. The van der Waals surface area contributed by atoms with Crippen molar-refractivity contribution in [2.45, 2.75) is 19.5 Å². The number of para-hydroxylation sites is 1. The monoisotopic (exact) mass is 339 g/mol. The van der Waals surface area contributed by atoms with E-state index in [0.717, 1.165) is 10.9 Å². The summed E-state index contributed by atoms with van der Waals surface area (Å²) in [5.74, 6) is -1.39. The SMILES string of the molecule is C[C@H](NC(=O)c1cc2ccccc2n1Cc1ccccc1F)C(N)=O. The summed E-state index contributed by atoms with van der Waals surface area (Å²) in [6.45, 7) is 1.72. The highest BCUT2D eigenvalue weighted by Gasteiger charge is 2.19. The molecule has 2 amide bonds. The van der Waals surface area contributed by atoms with Gasteiger partial charge in [0.15, 0.2) is 0 Å². The van der Waals surface area contributed by atoms with Crippen LogP contribution in [0.5, 0.6) is 0 Å². The molecule has 3 rings (SSSR count). The lowest BCUT2D eigenvalue weighted by molar-refractivity contribution is -0.119. The van der Waals surface area contributed by atoms with Crippen molar-refractivity contribution in [1.29, 1.82) is 0 Å². The van der Waals surface area contributed by atoms with E-state index in [1.807, 2.05) is 24.3 Å². The summed E-state index contributed by atoms with van der Waals surface area (Å²) < 4.78 is 15.8. The smallest absolute Gasteiger partial charge is 0.268 e. The third-order valence-electron chi connectivity index (χ3n) is 4.10. The molecule has 0 spiro atoms. The molecule has 3 aromatic rings. The zero-order chi connectivity index (χ0) is 18.0. The van der Waals surface area contributed by atoms with Crippen molar-refractivity contribution in [2.24, 2.45) is 5.73 Å². The normalized spacial score (nSPS) is 12.1. The second-order valence-corrected chi connectivity index (χ2v) is 5.86. The fourth-order valence-electron chi connectivity index (χ4n) is 2.71. The third-order valence-corrected chi connectivity index (χ3v) is 4.10. The van der Waals surface area contributed by atoms with Crippen LogP contribution in [-0.2, 0) is 11.3 Å². The summed E-state index contributed by atoms with van der Waals surface area (Å²) in [6.07, 6.45) is 0. The highest BCUT2D eigenvalue weighted by Crippen LogP contribution is 2.22. The first-order chi connectivity index (χ1) is 12.0. The number of aromatic nitrogens is 1. The van der Waals surface area contributed by atoms with Crippen molar-refractivity contribution in [3.63, 3.8) is 0 Å². The number of carbonyl (C=O) groups is 2. The molecule has 1 heterocycles. The van der Waals surface area contributed by atoms with Crippen LogP contribution in [0.25, 0.3) is 10.9 Å². The van der Waals surface area contributed by atoms with Crippen molar-refractivity contribution in [1.82, 2.24) is 9.88 Å². The summed E-state index contributed by atoms with van der Waals surface area (Å²) in [5.41, 5.74) is 6.83. The van der Waals surface area contributed by atoms with Crippen molar-refractivity contribution in [3.05, 3.63) is 71.7 Å². The number of rotatable bonds is 5. The topological polar surface area (TPSA) is 77.1 Å². The molecule has 1 atom stereocenters. The lowest BCUT2D eigenvalue weighted by atomic mass is 10.2. The lowest BCUT2D eigenvalue weighted by Crippen LogP contribution is -2.42. The first kappa shape index (κ1) is 16.7. The van der Waals surface area contributed by atoms with Crippen LogP contribution in [0.2, 0.25) is 0 Å². The Morgan fingerprint density at radius 1 is 1.16 bits per heavy atom. The maximum absolute atomic E-state index is 14.1. The minimum absolute atomic E-state index is 0.202. The molecule has 0 radical (unpaired) electrons. The first-order valence-corrected chi connectivity index (χ1v) is 7.89. The first-order valence-electron chi connectivity index (χ1n) is 7.89. The molecule has 0 fully saturated rings. The molecule has 25 heavy (non-hydrogen) atoms. The van der Waals surface area contributed by atoms with Gasteiger partial charge >= 0.3 is 0 Å². The van der Waals surface area contributed by atoms with E-state index in [4.69, 9.17) is 5.73 Å². The quantitative estimate of drug-likeness (QED) is 0.749. The van der Waals surface area contributed by atoms with E-state index in [1.165, 1.54) is 13.0 Å². The van der Waals surface area contributed by atoms with Crippen molar-refractivity contribution < 1.29 is 14.0 Å². The van der Waals surface area contributed by atoms with Crippen LogP contribution >= 0.6 is 0 Å². The van der Waals surface area contributed by atoms with E-state index in [-0.39, 0.29) is 12.4 Å². The Bertz CT molecular complexity index is 949. The van der Waals surface area contributed by atoms with Gasteiger partial charge in [0.2, 0.25) is 5.91 Å². The Morgan fingerprint density at radius 2 is 1.84 bits per heavy atom. The van der Waals surface area contributed by atoms with Crippen LogP contribution in [0, 0.1) is 5.82 Å². The molecule has 0 unspecified atom stereocenters. The summed E-state index contributed by atoms with van der Waals surface area (Å²) in [6, 6.07) is 14.8. The zero-order valence-electron chi connectivity index (χ0n) is 13.7. The Morgan fingerprint density at radius 3 is 2.56 bits per heavy atom. The largest absolute Gasteiger partial charge is 0.368 e. The molecule has 6 heteroatoms. The maximum atomic E-state index is 14.1. The Labute approximate surface area is 144 Å². The van der Waals surface area contributed by atoms with Gasteiger partial charge in [-0.2, -0.15) is 0 Å². The van der Waals surface area contributed by atoms with Gasteiger partial charge in [-0.05, 0) is 25.1 Å². The minimum atomic E-state index is -0.799. The second-order valence-electron chi connectivity index (χ2n) is 5.86. The molecule has 0 saturated carbocycles. The fourth-order valence-corrected chi connectivity index (χ4v) is 2.71. The van der Waals surface area contributed by atoms with Crippen LogP contribution < -0.4 is 11.1 Å². The van der Waals surface area contributed by atoms with Gasteiger partial charge in [-0.15, -0.1) is 0 Å². The van der Waals surface area contributed by atoms with Crippen molar-refractivity contribution in [2.75, 3.05) is 0 Å². The molecular weight excluding hydrogens is 321 g/mol. The van der Waals surface area contributed by atoms with E-state index >= 15 is 0 Å². The standard InChI is InChI=1S/C19H18FN3O2/c1-12(18(21)24)22-19(25)17-10-13-6-3-5-9-16(13)23(17)11-14-7-2-4-8-15(14)20/h2-10,12H,11H2,1H3,(H2,21,24)(H,22,25)/t12-/m0/s1. The van der Waals surface area contributed by atoms with Crippen LogP contribution in [0.4, 0.5) is 4.39 Å². The number of hydrogen-bond donors (Lipinski definition) is 2. The van der Waals surface area contributed by atoms with Gasteiger partial charge < -0.3 is 15.6 Å². The number of primary amides is 1. The lowest BCUT2D eigenvalue weighted by Gasteiger charge is -2.14. The average Bonchev–Trinajstić information content (AvgIpc) is 2.95.